The SMILES string of the molecule is C=C(C)/C=N\C(=C)OC(F)F.CC. The number of hydrogen-bond acceptors (Lipinski definition) is 2. The van der Waals surface area contributed by atoms with Crippen LogP contribution in [0.25, 0.3) is 0 Å². The third-order valence-corrected chi connectivity index (χ3v) is 0.654. The van der Waals surface area contributed by atoms with Crippen molar-refractivity contribution in [3.05, 3.63) is 24.6 Å². The molecule has 0 N–H and O–H groups in total. The number of rotatable bonds is 4. The van der Waals surface area contributed by atoms with Gasteiger partial charge in [-0.3, -0.25) is 0 Å². The monoisotopic (exact) mass is 191 g/mol. The molecule has 13 heavy (non-hydrogen) atoms. The topological polar surface area (TPSA) is 21.6 Å². The summed E-state index contributed by atoms with van der Waals surface area (Å²) >= 11 is 0. The van der Waals surface area contributed by atoms with Gasteiger partial charge in [-0.1, -0.05) is 20.4 Å². The number of halogens is 2. The van der Waals surface area contributed by atoms with Gasteiger partial charge in [-0.25, -0.2) is 4.99 Å². The summed E-state index contributed by atoms with van der Waals surface area (Å²) in [7, 11) is 0. The van der Waals surface area contributed by atoms with E-state index in [2.05, 4.69) is 22.9 Å². The standard InChI is InChI=1S/C7H9F2NO.C2H6/c1-5(2)4-10-6(3)11-7(8)9;1-2/h4,7H,1,3H2,2H3;1-2H3/b10-4-;. The van der Waals surface area contributed by atoms with Crippen LogP contribution in [0.15, 0.2) is 29.6 Å². The van der Waals surface area contributed by atoms with Crippen LogP contribution in [-0.4, -0.2) is 12.8 Å². The van der Waals surface area contributed by atoms with E-state index in [9.17, 15) is 8.78 Å². The Bertz CT molecular complexity index is 188. The lowest BCUT2D eigenvalue weighted by atomic mass is 10.4. The number of allylic oxidation sites excluding steroid dienone is 1. The van der Waals surface area contributed by atoms with Gasteiger partial charge in [0.2, 0.25) is 5.88 Å². The van der Waals surface area contributed by atoms with Crippen molar-refractivity contribution in [3.8, 4) is 0 Å². The molecule has 0 unspecified atom stereocenters. The molecule has 0 aliphatic carbocycles. The van der Waals surface area contributed by atoms with Gasteiger partial charge in [-0.05, 0) is 19.1 Å². The number of hydrogen-bond donors (Lipinski definition) is 0. The summed E-state index contributed by atoms with van der Waals surface area (Å²) in [6.45, 7) is 9.41. The molecule has 4 heteroatoms. The molecule has 0 radical (unpaired) electrons. The van der Waals surface area contributed by atoms with Crippen molar-refractivity contribution in [1.82, 2.24) is 0 Å². The zero-order valence-corrected chi connectivity index (χ0v) is 8.18. The molecule has 0 aliphatic heterocycles. The highest BCUT2D eigenvalue weighted by Crippen LogP contribution is 2.03. The molecular weight excluding hydrogens is 176 g/mol. The lowest BCUT2D eigenvalue weighted by molar-refractivity contribution is -0.0959. The lowest BCUT2D eigenvalue weighted by Crippen LogP contribution is -1.96. The molecule has 0 amide bonds. The summed E-state index contributed by atoms with van der Waals surface area (Å²) in [5, 5.41) is 0. The lowest BCUT2D eigenvalue weighted by Gasteiger charge is -2.00. The highest BCUT2D eigenvalue weighted by molar-refractivity contribution is 5.77. The number of alkyl halides is 2. The molecule has 0 aromatic rings. The molecular formula is C9H15F2NO. The molecule has 0 saturated heterocycles. The Hall–Kier alpha value is -1.19. The van der Waals surface area contributed by atoms with Gasteiger partial charge in [0.05, 0.1) is 0 Å². The fourth-order valence-corrected chi connectivity index (χ4v) is 0.315. The number of nitrogens with zero attached hydrogens (tertiary/aromatic N) is 1. The molecule has 2 nitrogen and oxygen atoms in total. The van der Waals surface area contributed by atoms with E-state index in [1.54, 1.807) is 6.92 Å². The van der Waals surface area contributed by atoms with E-state index in [-0.39, 0.29) is 5.88 Å². The van der Waals surface area contributed by atoms with Crippen molar-refractivity contribution in [3.63, 3.8) is 0 Å². The Kier molecular flexibility index (Phi) is 9.82. The third-order valence-electron chi connectivity index (χ3n) is 0.654. The Morgan fingerprint density at radius 3 is 2.15 bits per heavy atom. The summed E-state index contributed by atoms with van der Waals surface area (Å²) in [5.74, 6) is -0.317. The first-order valence-electron chi connectivity index (χ1n) is 3.85. The summed E-state index contributed by atoms with van der Waals surface area (Å²) in [6.07, 6.45) is 1.30. The Morgan fingerprint density at radius 2 is 1.85 bits per heavy atom. The highest BCUT2D eigenvalue weighted by Gasteiger charge is 2.01. The van der Waals surface area contributed by atoms with Gasteiger partial charge >= 0.3 is 6.61 Å². The minimum absolute atomic E-state index is 0.317. The second-order valence-electron chi connectivity index (χ2n) is 1.88. The fourth-order valence-electron chi connectivity index (χ4n) is 0.315. The van der Waals surface area contributed by atoms with Crippen molar-refractivity contribution in [1.29, 1.82) is 0 Å². The molecule has 0 aliphatic rings. The molecule has 0 aromatic carbocycles. The number of ether oxygens (including phenoxy) is 1. The molecule has 0 spiro atoms. The minimum atomic E-state index is -2.87. The van der Waals surface area contributed by atoms with E-state index in [0.29, 0.717) is 5.57 Å². The van der Waals surface area contributed by atoms with Crippen LogP contribution in [0, 0.1) is 0 Å². The maximum atomic E-state index is 11.4. The van der Waals surface area contributed by atoms with E-state index in [4.69, 9.17) is 0 Å². The molecule has 0 aromatic heterocycles. The maximum Gasteiger partial charge on any atom is 0.388 e. The van der Waals surface area contributed by atoms with Crippen LogP contribution in [0.5, 0.6) is 0 Å². The average molecular weight is 191 g/mol. The smallest absolute Gasteiger partial charge is 0.388 e. The normalized spacial score (nSPS) is 9.38. The highest BCUT2D eigenvalue weighted by atomic mass is 19.3. The second kappa shape index (κ2) is 8.90. The zero-order valence-electron chi connectivity index (χ0n) is 8.18. The van der Waals surface area contributed by atoms with Crippen LogP contribution in [0.4, 0.5) is 8.78 Å². The van der Waals surface area contributed by atoms with E-state index in [0.717, 1.165) is 0 Å². The van der Waals surface area contributed by atoms with E-state index in [1.165, 1.54) is 6.21 Å². The van der Waals surface area contributed by atoms with Gasteiger partial charge in [0, 0.05) is 6.21 Å². The predicted octanol–water partition coefficient (Wildman–Crippen LogP) is 3.37. The third kappa shape index (κ3) is 13.8. The van der Waals surface area contributed by atoms with Crippen LogP contribution < -0.4 is 0 Å². The summed E-state index contributed by atoms with van der Waals surface area (Å²) in [4.78, 5) is 3.44. The van der Waals surface area contributed by atoms with Crippen molar-refractivity contribution in [2.24, 2.45) is 4.99 Å². The molecule has 0 rings (SSSR count). The van der Waals surface area contributed by atoms with Crippen molar-refractivity contribution < 1.29 is 13.5 Å². The Morgan fingerprint density at radius 1 is 1.38 bits per heavy atom. The van der Waals surface area contributed by atoms with Crippen molar-refractivity contribution >= 4 is 6.21 Å². The van der Waals surface area contributed by atoms with Gasteiger partial charge in [-0.15, -0.1) is 0 Å². The molecule has 0 saturated carbocycles. The van der Waals surface area contributed by atoms with Crippen LogP contribution in [0.2, 0.25) is 0 Å². The van der Waals surface area contributed by atoms with Crippen LogP contribution in [0.3, 0.4) is 0 Å². The number of aliphatic imine (C=N–C) groups is 1. The molecule has 0 atom stereocenters. The quantitative estimate of drug-likeness (QED) is 0.493. The summed E-state index contributed by atoms with van der Waals surface area (Å²) in [5.41, 5.74) is 0.643. The fraction of sp³-hybridized carbons (Fsp3) is 0.444. The zero-order chi connectivity index (χ0) is 10.9. The molecule has 0 fully saturated rings. The van der Waals surface area contributed by atoms with E-state index < -0.39 is 6.61 Å². The van der Waals surface area contributed by atoms with Gasteiger partial charge in [0.15, 0.2) is 0 Å². The summed E-state index contributed by atoms with van der Waals surface area (Å²) in [6, 6.07) is 0. The van der Waals surface area contributed by atoms with E-state index in [1.807, 2.05) is 13.8 Å². The Labute approximate surface area is 77.6 Å². The van der Waals surface area contributed by atoms with Crippen molar-refractivity contribution in [2.75, 3.05) is 0 Å². The van der Waals surface area contributed by atoms with Gasteiger partial charge in [0.1, 0.15) is 0 Å². The van der Waals surface area contributed by atoms with Gasteiger partial charge in [-0.2, -0.15) is 8.78 Å². The first-order valence-corrected chi connectivity index (χ1v) is 3.85. The molecule has 0 bridgehead atoms. The first-order chi connectivity index (χ1) is 6.02. The predicted molar refractivity (Wildman–Crippen MR) is 50.9 cm³/mol. The van der Waals surface area contributed by atoms with Crippen LogP contribution in [0.1, 0.15) is 20.8 Å². The molecule has 76 valence electrons. The first kappa shape index (κ1) is 14.3. The second-order valence-corrected chi connectivity index (χ2v) is 1.88. The average Bonchev–Trinajstić information content (AvgIpc) is 2.03. The van der Waals surface area contributed by atoms with Crippen LogP contribution in [-0.2, 0) is 4.74 Å². The van der Waals surface area contributed by atoms with Gasteiger partial charge < -0.3 is 4.74 Å². The van der Waals surface area contributed by atoms with E-state index >= 15 is 0 Å². The summed E-state index contributed by atoms with van der Waals surface area (Å²) < 4.78 is 26.7. The van der Waals surface area contributed by atoms with Gasteiger partial charge in [0.25, 0.3) is 0 Å². The largest absolute Gasteiger partial charge is 0.418 e. The maximum absolute atomic E-state index is 11.4. The Balaban J connectivity index is 0. The molecule has 0 heterocycles. The van der Waals surface area contributed by atoms with Crippen LogP contribution >= 0.6 is 0 Å². The van der Waals surface area contributed by atoms with Crippen molar-refractivity contribution in [2.45, 2.75) is 27.4 Å². The minimum Gasteiger partial charge on any atom is -0.418 e.